The summed E-state index contributed by atoms with van der Waals surface area (Å²) in [5.74, 6) is -5.20. The van der Waals surface area contributed by atoms with E-state index >= 15 is 0 Å². The molecular weight excluding hydrogens is 232 g/mol. The first-order valence-electron chi connectivity index (χ1n) is 4.19. The highest BCUT2D eigenvalue weighted by atomic mass is 32.2. The first kappa shape index (κ1) is 14.2. The second kappa shape index (κ2) is 5.36. The molecule has 5 nitrogen and oxygen atoms in total. The monoisotopic (exact) mass is 245 g/mol. The fourth-order valence-electron chi connectivity index (χ4n) is 0.920. The van der Waals surface area contributed by atoms with Crippen LogP contribution < -0.4 is 4.72 Å². The Labute approximate surface area is 86.5 Å². The van der Waals surface area contributed by atoms with Gasteiger partial charge in [-0.25, -0.2) is 8.42 Å². The molecule has 0 aromatic carbocycles. The summed E-state index contributed by atoms with van der Waals surface area (Å²) in [6.45, 7) is 3.32. The lowest BCUT2D eigenvalue weighted by atomic mass is 10.1. The van der Waals surface area contributed by atoms with Crippen molar-refractivity contribution in [3.63, 3.8) is 0 Å². The summed E-state index contributed by atoms with van der Waals surface area (Å²) >= 11 is 0. The lowest BCUT2D eigenvalue weighted by Gasteiger charge is -2.15. The lowest BCUT2D eigenvalue weighted by molar-refractivity contribution is -0.139. The van der Waals surface area contributed by atoms with Crippen LogP contribution in [0, 0.1) is 5.92 Å². The molecule has 0 saturated heterocycles. The maximum atomic E-state index is 11.9. The Bertz CT molecular complexity index is 315. The topological polar surface area (TPSA) is 83.5 Å². The zero-order valence-corrected chi connectivity index (χ0v) is 9.09. The predicted molar refractivity (Wildman–Crippen MR) is 48.9 cm³/mol. The van der Waals surface area contributed by atoms with E-state index < -0.39 is 27.8 Å². The van der Waals surface area contributed by atoms with Gasteiger partial charge < -0.3 is 5.11 Å². The quantitative estimate of drug-likeness (QED) is 0.718. The van der Waals surface area contributed by atoms with Crippen LogP contribution in [0.3, 0.4) is 0 Å². The molecule has 0 fully saturated rings. The number of nitrogens with one attached hydrogen (secondary N) is 1. The van der Waals surface area contributed by atoms with Crippen molar-refractivity contribution in [2.24, 2.45) is 5.92 Å². The molecule has 0 amide bonds. The van der Waals surface area contributed by atoms with Gasteiger partial charge in [-0.15, -0.1) is 0 Å². The Hall–Kier alpha value is -0.760. The molecule has 0 aliphatic carbocycles. The number of aliphatic carboxylic acids is 1. The molecule has 90 valence electrons. The van der Waals surface area contributed by atoms with E-state index in [4.69, 9.17) is 5.11 Å². The third-order valence-corrected chi connectivity index (χ3v) is 2.63. The molecule has 0 radical (unpaired) electrons. The van der Waals surface area contributed by atoms with Crippen LogP contribution in [0.1, 0.15) is 20.3 Å². The number of hydrogen-bond acceptors (Lipinski definition) is 3. The number of hydrogen-bond donors (Lipinski definition) is 2. The van der Waals surface area contributed by atoms with Crippen molar-refractivity contribution in [3.8, 4) is 0 Å². The van der Waals surface area contributed by atoms with E-state index in [9.17, 15) is 22.0 Å². The molecule has 0 aromatic heterocycles. The highest BCUT2D eigenvalue weighted by molar-refractivity contribution is 7.89. The SMILES string of the molecule is CC(C)C[C@H](NS(=O)(=O)C(F)F)C(=O)O. The van der Waals surface area contributed by atoms with Gasteiger partial charge in [0.25, 0.3) is 10.0 Å². The van der Waals surface area contributed by atoms with Crippen molar-refractivity contribution >= 4 is 16.0 Å². The van der Waals surface area contributed by atoms with Gasteiger partial charge in [0.2, 0.25) is 0 Å². The van der Waals surface area contributed by atoms with Crippen molar-refractivity contribution in [1.29, 1.82) is 0 Å². The highest BCUT2D eigenvalue weighted by Crippen LogP contribution is 2.09. The first-order chi connectivity index (χ1) is 6.66. The number of sulfonamides is 1. The maximum Gasteiger partial charge on any atom is 0.350 e. The number of carboxylic acids is 1. The maximum absolute atomic E-state index is 11.9. The molecule has 8 heteroatoms. The molecule has 2 N–H and O–H groups in total. The van der Waals surface area contributed by atoms with Crippen molar-refractivity contribution < 1.29 is 27.1 Å². The van der Waals surface area contributed by atoms with Crippen molar-refractivity contribution in [3.05, 3.63) is 0 Å². The molecule has 0 aliphatic heterocycles. The second-order valence-corrected chi connectivity index (χ2v) is 5.13. The molecule has 0 bridgehead atoms. The van der Waals surface area contributed by atoms with Gasteiger partial charge in [0, 0.05) is 0 Å². The fourth-order valence-corrected chi connectivity index (χ4v) is 1.62. The van der Waals surface area contributed by atoms with Crippen LogP contribution in [0.4, 0.5) is 8.78 Å². The summed E-state index contributed by atoms with van der Waals surface area (Å²) in [7, 11) is -4.85. The van der Waals surface area contributed by atoms with Gasteiger partial charge in [-0.1, -0.05) is 13.8 Å². The summed E-state index contributed by atoms with van der Waals surface area (Å²) in [5.41, 5.74) is 0. The zero-order chi connectivity index (χ0) is 12.2. The minimum absolute atomic E-state index is 0.0404. The molecule has 0 saturated carbocycles. The Morgan fingerprint density at radius 3 is 2.13 bits per heavy atom. The van der Waals surface area contributed by atoms with Gasteiger partial charge in [0.15, 0.2) is 0 Å². The van der Waals surface area contributed by atoms with Gasteiger partial charge in [0.05, 0.1) is 0 Å². The smallest absolute Gasteiger partial charge is 0.350 e. The Morgan fingerprint density at radius 2 is 1.87 bits per heavy atom. The number of carbonyl (C=O) groups is 1. The van der Waals surface area contributed by atoms with Crippen LogP contribution in [-0.4, -0.2) is 31.3 Å². The van der Waals surface area contributed by atoms with Gasteiger partial charge in [0.1, 0.15) is 6.04 Å². The minimum atomic E-state index is -4.85. The van der Waals surface area contributed by atoms with Crippen LogP contribution in [0.5, 0.6) is 0 Å². The van der Waals surface area contributed by atoms with E-state index in [0.717, 1.165) is 0 Å². The van der Waals surface area contributed by atoms with Crippen LogP contribution >= 0.6 is 0 Å². The van der Waals surface area contributed by atoms with Crippen LogP contribution in [0.25, 0.3) is 0 Å². The number of alkyl halides is 2. The molecule has 0 aromatic rings. The van der Waals surface area contributed by atoms with Crippen molar-refractivity contribution in [2.75, 3.05) is 0 Å². The minimum Gasteiger partial charge on any atom is -0.480 e. The van der Waals surface area contributed by atoms with E-state index in [2.05, 4.69) is 0 Å². The molecule has 0 spiro atoms. The Kier molecular flexibility index (Phi) is 5.09. The molecule has 0 rings (SSSR count). The van der Waals surface area contributed by atoms with Gasteiger partial charge >= 0.3 is 11.7 Å². The number of halogens is 2. The van der Waals surface area contributed by atoms with Gasteiger partial charge in [-0.2, -0.15) is 13.5 Å². The molecule has 0 aliphatic rings. The van der Waals surface area contributed by atoms with E-state index in [1.165, 1.54) is 4.72 Å². The van der Waals surface area contributed by atoms with E-state index in [1.54, 1.807) is 13.8 Å². The lowest BCUT2D eigenvalue weighted by Crippen LogP contribution is -2.43. The van der Waals surface area contributed by atoms with E-state index in [1.807, 2.05) is 0 Å². The van der Waals surface area contributed by atoms with Crippen LogP contribution in [-0.2, 0) is 14.8 Å². The summed E-state index contributed by atoms with van der Waals surface area (Å²) < 4.78 is 46.7. The van der Waals surface area contributed by atoms with Crippen molar-refractivity contribution in [2.45, 2.75) is 32.1 Å². The predicted octanol–water partition coefficient (Wildman–Crippen LogP) is 0.628. The molecular formula is C7H13F2NO4S. The van der Waals surface area contributed by atoms with Crippen molar-refractivity contribution in [1.82, 2.24) is 4.72 Å². The molecule has 0 unspecified atom stereocenters. The summed E-state index contributed by atoms with van der Waals surface area (Å²) in [5, 5.41) is 8.60. The third-order valence-electron chi connectivity index (χ3n) is 1.55. The standard InChI is InChI=1S/C7H13F2NO4S/c1-4(2)3-5(6(11)12)10-15(13,14)7(8)9/h4-5,7,10H,3H2,1-2H3,(H,11,12)/t5-/m0/s1. The van der Waals surface area contributed by atoms with Crippen LogP contribution in [0.15, 0.2) is 0 Å². The second-order valence-electron chi connectivity index (χ2n) is 3.44. The first-order valence-corrected chi connectivity index (χ1v) is 5.73. The van der Waals surface area contributed by atoms with E-state index in [0.29, 0.717) is 0 Å². The number of carboxylic acid groups (broad SMARTS) is 1. The molecule has 0 heterocycles. The summed E-state index contributed by atoms with van der Waals surface area (Å²) in [6, 6.07) is -1.51. The van der Waals surface area contributed by atoms with Gasteiger partial charge in [-0.05, 0) is 12.3 Å². The van der Waals surface area contributed by atoms with Crippen LogP contribution in [0.2, 0.25) is 0 Å². The highest BCUT2D eigenvalue weighted by Gasteiger charge is 2.30. The zero-order valence-electron chi connectivity index (χ0n) is 8.28. The van der Waals surface area contributed by atoms with Gasteiger partial charge in [-0.3, -0.25) is 4.79 Å². The average molecular weight is 245 g/mol. The third kappa shape index (κ3) is 5.03. The van der Waals surface area contributed by atoms with E-state index in [-0.39, 0.29) is 12.3 Å². The summed E-state index contributed by atoms with van der Waals surface area (Å²) in [6.07, 6.45) is -0.0404. The fraction of sp³-hybridized carbons (Fsp3) is 0.857. The number of rotatable bonds is 6. The average Bonchev–Trinajstić information content (AvgIpc) is 2.01. The Morgan fingerprint density at radius 1 is 1.40 bits per heavy atom. The normalized spacial score (nSPS) is 14.5. The summed E-state index contributed by atoms with van der Waals surface area (Å²) in [4.78, 5) is 10.6. The molecule has 1 atom stereocenters. The molecule has 15 heavy (non-hydrogen) atoms. The largest absolute Gasteiger partial charge is 0.480 e. The Balaban J connectivity index is 4.63.